The van der Waals surface area contributed by atoms with Crippen LogP contribution in [-0.2, 0) is 0 Å². The van der Waals surface area contributed by atoms with Gasteiger partial charge in [0.05, 0.1) is 28.4 Å². The highest BCUT2D eigenvalue weighted by Crippen LogP contribution is 2.29. The van der Waals surface area contributed by atoms with Crippen LogP contribution in [0.3, 0.4) is 0 Å². The average molecular weight is 694 g/mol. The summed E-state index contributed by atoms with van der Waals surface area (Å²) in [6.45, 7) is 0. The predicted octanol–water partition coefficient (Wildman–Crippen LogP) is 8.72. The van der Waals surface area contributed by atoms with E-state index in [9.17, 15) is 9.59 Å². The second-order valence-corrected chi connectivity index (χ2v) is 10.3. The van der Waals surface area contributed by atoms with Crippen LogP contribution < -0.4 is 18.9 Å². The van der Waals surface area contributed by atoms with E-state index in [4.69, 9.17) is 18.9 Å². The molecule has 216 valence electrons. The van der Waals surface area contributed by atoms with E-state index >= 15 is 0 Å². The van der Waals surface area contributed by atoms with Gasteiger partial charge in [-0.05, 0) is 84.0 Å². The third-order valence-electron chi connectivity index (χ3n) is 5.98. The maximum absolute atomic E-state index is 12.2. The highest BCUT2D eigenvalue weighted by molar-refractivity contribution is 9.10. The third kappa shape index (κ3) is 8.93. The number of halogens is 2. The molecular formula is C34H30Br2O6. The van der Waals surface area contributed by atoms with Gasteiger partial charge in [-0.1, -0.05) is 68.3 Å². The summed E-state index contributed by atoms with van der Waals surface area (Å²) in [5.41, 5.74) is 3.00. The summed E-state index contributed by atoms with van der Waals surface area (Å²) >= 11 is 6.89. The van der Waals surface area contributed by atoms with Crippen molar-refractivity contribution in [3.8, 4) is 23.0 Å². The zero-order valence-corrected chi connectivity index (χ0v) is 26.8. The van der Waals surface area contributed by atoms with Gasteiger partial charge in [0.1, 0.15) is 0 Å². The molecule has 0 aromatic heterocycles. The number of allylic oxidation sites excluding steroid dienone is 2. The van der Waals surface area contributed by atoms with Crippen LogP contribution in [0.1, 0.15) is 31.8 Å². The Hall–Kier alpha value is -4.14. The van der Waals surface area contributed by atoms with Gasteiger partial charge in [0, 0.05) is 20.1 Å². The largest absolute Gasteiger partial charge is 0.493 e. The number of hydrogen-bond acceptors (Lipinski definition) is 6. The van der Waals surface area contributed by atoms with Crippen molar-refractivity contribution in [2.75, 3.05) is 28.4 Å². The molecule has 0 aliphatic carbocycles. The van der Waals surface area contributed by atoms with E-state index in [2.05, 4.69) is 31.9 Å². The first-order chi connectivity index (χ1) is 20.3. The fourth-order valence-electron chi connectivity index (χ4n) is 3.72. The summed E-state index contributed by atoms with van der Waals surface area (Å²) < 4.78 is 22.6. The molecule has 0 radical (unpaired) electrons. The van der Waals surface area contributed by atoms with Crippen LogP contribution in [0.15, 0.2) is 106 Å². The Bertz CT molecular complexity index is 1470. The maximum atomic E-state index is 12.2. The van der Waals surface area contributed by atoms with Gasteiger partial charge in [-0.3, -0.25) is 9.59 Å². The minimum Gasteiger partial charge on any atom is -0.493 e. The molecule has 4 rings (SSSR count). The summed E-state index contributed by atoms with van der Waals surface area (Å²) in [6.07, 6.45) is 6.65. The van der Waals surface area contributed by atoms with Gasteiger partial charge in [0.2, 0.25) is 0 Å². The van der Waals surface area contributed by atoms with Crippen molar-refractivity contribution in [1.29, 1.82) is 0 Å². The van der Waals surface area contributed by atoms with Crippen LogP contribution in [0.25, 0.3) is 12.2 Å². The van der Waals surface area contributed by atoms with E-state index in [0.717, 1.165) is 20.1 Å². The first kappa shape index (κ1) is 32.4. The van der Waals surface area contributed by atoms with Crippen LogP contribution in [0.4, 0.5) is 0 Å². The Balaban J connectivity index is 0.000000230. The smallest absolute Gasteiger partial charge is 0.185 e. The molecule has 0 aliphatic rings. The molecule has 0 aliphatic heterocycles. The molecule has 0 atom stereocenters. The molecule has 0 saturated heterocycles. The second kappa shape index (κ2) is 16.3. The summed E-state index contributed by atoms with van der Waals surface area (Å²) in [5.74, 6) is 2.10. The summed E-state index contributed by atoms with van der Waals surface area (Å²) in [6, 6.07) is 25.6. The Labute approximate surface area is 262 Å². The van der Waals surface area contributed by atoms with Crippen LogP contribution in [0.2, 0.25) is 0 Å². The number of ether oxygens (including phenoxy) is 4. The van der Waals surface area contributed by atoms with Gasteiger partial charge in [0.25, 0.3) is 0 Å². The average Bonchev–Trinajstić information content (AvgIpc) is 3.03. The highest BCUT2D eigenvalue weighted by atomic mass is 79.9. The van der Waals surface area contributed by atoms with Gasteiger partial charge >= 0.3 is 0 Å². The number of ketones is 2. The number of hydrogen-bond donors (Lipinski definition) is 0. The highest BCUT2D eigenvalue weighted by Gasteiger charge is 2.10. The number of carbonyl (C=O) groups excluding carboxylic acids is 2. The zero-order chi connectivity index (χ0) is 30.5. The van der Waals surface area contributed by atoms with Crippen molar-refractivity contribution >= 4 is 55.6 Å². The third-order valence-corrected chi connectivity index (χ3v) is 7.42. The van der Waals surface area contributed by atoms with Gasteiger partial charge in [-0.2, -0.15) is 0 Å². The minimum atomic E-state index is -0.0910. The molecule has 0 spiro atoms. The number of benzene rings is 4. The lowest BCUT2D eigenvalue weighted by Gasteiger charge is -2.08. The molecule has 0 amide bonds. The molecule has 0 N–H and O–H groups in total. The van der Waals surface area contributed by atoms with E-state index in [1.807, 2.05) is 48.5 Å². The molecule has 4 aromatic rings. The fourth-order valence-corrected chi connectivity index (χ4v) is 4.56. The molecule has 0 fully saturated rings. The number of methoxy groups -OCH3 is 4. The van der Waals surface area contributed by atoms with Crippen molar-refractivity contribution < 1.29 is 28.5 Å². The van der Waals surface area contributed by atoms with E-state index < -0.39 is 0 Å². The Kier molecular flexibility index (Phi) is 12.6. The van der Waals surface area contributed by atoms with Crippen molar-refractivity contribution in [3.63, 3.8) is 0 Å². The number of rotatable bonds is 10. The lowest BCUT2D eigenvalue weighted by Crippen LogP contribution is -1.97. The van der Waals surface area contributed by atoms with Crippen molar-refractivity contribution in [2.45, 2.75) is 0 Å². The van der Waals surface area contributed by atoms with E-state index in [-0.39, 0.29) is 11.6 Å². The Morgan fingerprint density at radius 2 is 0.881 bits per heavy atom. The lowest BCUT2D eigenvalue weighted by molar-refractivity contribution is 0.103. The molecule has 8 heteroatoms. The SMILES string of the molecule is COc1ccc(C(=O)/C=C/c2ccccc2Br)cc1OC.COc1ccc(C(=O)/C=C/c2ccccc2Br)cc1OC. The van der Waals surface area contributed by atoms with Crippen molar-refractivity contribution in [2.24, 2.45) is 0 Å². The molecule has 0 saturated carbocycles. The lowest BCUT2D eigenvalue weighted by atomic mass is 10.1. The molecule has 4 aromatic carbocycles. The van der Waals surface area contributed by atoms with Gasteiger partial charge in [-0.25, -0.2) is 0 Å². The summed E-state index contributed by atoms with van der Waals surface area (Å²) in [4.78, 5) is 24.4. The van der Waals surface area contributed by atoms with E-state index in [1.54, 1.807) is 89.1 Å². The maximum Gasteiger partial charge on any atom is 0.185 e. The molecule has 6 nitrogen and oxygen atoms in total. The van der Waals surface area contributed by atoms with Gasteiger partial charge < -0.3 is 18.9 Å². The van der Waals surface area contributed by atoms with E-state index in [0.29, 0.717) is 34.1 Å². The zero-order valence-electron chi connectivity index (χ0n) is 23.6. The summed E-state index contributed by atoms with van der Waals surface area (Å²) in [5, 5.41) is 0. The Morgan fingerprint density at radius 1 is 0.524 bits per heavy atom. The number of carbonyl (C=O) groups is 2. The standard InChI is InChI=1S/2C17H15BrO3/c2*1-20-16-10-8-13(11-17(16)21-2)15(19)9-7-12-5-3-4-6-14(12)18/h2*3-11H,1-2H3/b2*9-7+. The van der Waals surface area contributed by atoms with Gasteiger partial charge in [0.15, 0.2) is 34.6 Å². The van der Waals surface area contributed by atoms with Crippen molar-refractivity contribution in [1.82, 2.24) is 0 Å². The molecule has 0 bridgehead atoms. The molecular weight excluding hydrogens is 664 g/mol. The van der Waals surface area contributed by atoms with Crippen LogP contribution >= 0.6 is 31.9 Å². The first-order valence-electron chi connectivity index (χ1n) is 12.7. The van der Waals surface area contributed by atoms with Crippen LogP contribution in [-0.4, -0.2) is 40.0 Å². The minimum absolute atomic E-state index is 0.0910. The normalized spacial score (nSPS) is 10.6. The molecule has 0 unspecified atom stereocenters. The van der Waals surface area contributed by atoms with Crippen LogP contribution in [0, 0.1) is 0 Å². The molecule has 0 heterocycles. The monoisotopic (exact) mass is 692 g/mol. The quantitative estimate of drug-likeness (QED) is 0.122. The van der Waals surface area contributed by atoms with Crippen molar-refractivity contribution in [3.05, 3.63) is 128 Å². The second-order valence-electron chi connectivity index (χ2n) is 8.58. The first-order valence-corrected chi connectivity index (χ1v) is 14.3. The predicted molar refractivity (Wildman–Crippen MR) is 174 cm³/mol. The summed E-state index contributed by atoms with van der Waals surface area (Å²) in [7, 11) is 6.21. The Morgan fingerprint density at radius 3 is 1.21 bits per heavy atom. The topological polar surface area (TPSA) is 71.1 Å². The van der Waals surface area contributed by atoms with E-state index in [1.165, 1.54) is 0 Å². The van der Waals surface area contributed by atoms with Gasteiger partial charge in [-0.15, -0.1) is 0 Å². The van der Waals surface area contributed by atoms with Crippen LogP contribution in [0.5, 0.6) is 23.0 Å². The molecule has 42 heavy (non-hydrogen) atoms. The fraction of sp³-hybridized carbons (Fsp3) is 0.118.